The summed E-state index contributed by atoms with van der Waals surface area (Å²) in [6.45, 7) is 0.503. The summed E-state index contributed by atoms with van der Waals surface area (Å²) in [6, 6.07) is 7.07. The zero-order chi connectivity index (χ0) is 14.5. The van der Waals surface area contributed by atoms with E-state index in [1.54, 1.807) is 41.6 Å². The van der Waals surface area contributed by atoms with Crippen LogP contribution in [-0.4, -0.2) is 21.6 Å². The van der Waals surface area contributed by atoms with Gasteiger partial charge in [0.25, 0.3) is 0 Å². The maximum atomic E-state index is 6.12. The van der Waals surface area contributed by atoms with E-state index in [1.165, 1.54) is 0 Å². The minimum atomic E-state index is 0.206. The monoisotopic (exact) mass is 326 g/mol. The fraction of sp³-hybridized carbons (Fsp3) is 0.154. The van der Waals surface area contributed by atoms with Crippen molar-refractivity contribution in [3.05, 3.63) is 52.4 Å². The molecule has 0 radical (unpaired) electrons. The largest absolute Gasteiger partial charge is 0.376 e. The first-order chi connectivity index (χ1) is 9.59. The Hall–Kier alpha value is -1.43. The molecule has 2 N–H and O–H groups in total. The molecule has 0 amide bonds. The van der Waals surface area contributed by atoms with E-state index < -0.39 is 0 Å². The SMILES string of the molecule is NC(=S)N(CCc1ncccc1Cl)c1ncccc1Cl. The second-order valence-electron chi connectivity index (χ2n) is 3.98. The van der Waals surface area contributed by atoms with E-state index in [2.05, 4.69) is 9.97 Å². The van der Waals surface area contributed by atoms with Gasteiger partial charge >= 0.3 is 0 Å². The van der Waals surface area contributed by atoms with Gasteiger partial charge < -0.3 is 10.6 Å². The second kappa shape index (κ2) is 6.83. The van der Waals surface area contributed by atoms with Crippen molar-refractivity contribution >= 4 is 46.4 Å². The van der Waals surface area contributed by atoms with Gasteiger partial charge in [0.2, 0.25) is 0 Å². The van der Waals surface area contributed by atoms with Gasteiger partial charge in [-0.3, -0.25) is 4.98 Å². The van der Waals surface area contributed by atoms with Gasteiger partial charge in [0.1, 0.15) is 0 Å². The number of hydrogen-bond donors (Lipinski definition) is 1. The van der Waals surface area contributed by atoms with E-state index in [-0.39, 0.29) is 5.11 Å². The molecule has 2 aromatic heterocycles. The predicted molar refractivity (Wildman–Crippen MR) is 86.3 cm³/mol. The number of hydrogen-bond acceptors (Lipinski definition) is 3. The van der Waals surface area contributed by atoms with Crippen molar-refractivity contribution in [3.63, 3.8) is 0 Å². The van der Waals surface area contributed by atoms with Gasteiger partial charge in [-0.25, -0.2) is 4.98 Å². The van der Waals surface area contributed by atoms with E-state index >= 15 is 0 Å². The molecule has 2 rings (SSSR count). The molecule has 20 heavy (non-hydrogen) atoms. The number of halogens is 2. The lowest BCUT2D eigenvalue weighted by molar-refractivity contribution is 0.888. The van der Waals surface area contributed by atoms with Crippen molar-refractivity contribution in [1.82, 2.24) is 9.97 Å². The number of anilines is 1. The van der Waals surface area contributed by atoms with Crippen molar-refractivity contribution in [3.8, 4) is 0 Å². The highest BCUT2D eigenvalue weighted by Gasteiger charge is 2.15. The lowest BCUT2D eigenvalue weighted by Gasteiger charge is -2.22. The molecule has 4 nitrogen and oxygen atoms in total. The predicted octanol–water partition coefficient (Wildman–Crippen LogP) is 3.08. The maximum Gasteiger partial charge on any atom is 0.172 e. The number of rotatable bonds is 4. The van der Waals surface area contributed by atoms with Crippen LogP contribution in [0.3, 0.4) is 0 Å². The average Bonchev–Trinajstić information content (AvgIpc) is 2.42. The summed E-state index contributed by atoms with van der Waals surface area (Å²) in [4.78, 5) is 10.1. The van der Waals surface area contributed by atoms with Crippen LogP contribution in [0.2, 0.25) is 10.0 Å². The van der Waals surface area contributed by atoms with Gasteiger partial charge in [-0.2, -0.15) is 0 Å². The molecule has 0 saturated carbocycles. The van der Waals surface area contributed by atoms with E-state index in [0.717, 1.165) is 5.69 Å². The highest BCUT2D eigenvalue weighted by atomic mass is 35.5. The van der Waals surface area contributed by atoms with Crippen molar-refractivity contribution in [2.75, 3.05) is 11.4 Å². The Labute approximate surface area is 132 Å². The molecule has 0 bridgehead atoms. The van der Waals surface area contributed by atoms with Crippen LogP contribution in [0.5, 0.6) is 0 Å². The van der Waals surface area contributed by atoms with Crippen molar-refractivity contribution in [2.24, 2.45) is 5.73 Å². The summed E-state index contributed by atoms with van der Waals surface area (Å²) >= 11 is 17.3. The van der Waals surface area contributed by atoms with Gasteiger partial charge in [-0.15, -0.1) is 0 Å². The van der Waals surface area contributed by atoms with Gasteiger partial charge in [0, 0.05) is 25.4 Å². The lowest BCUT2D eigenvalue weighted by Crippen LogP contribution is -2.38. The standard InChI is InChI=1S/C13H12Cl2N4S/c14-9-3-1-6-17-11(9)5-8-19(13(16)20)12-10(15)4-2-7-18-12/h1-4,6-7H,5,8H2,(H2,16,20). The van der Waals surface area contributed by atoms with E-state index in [0.29, 0.717) is 28.8 Å². The first-order valence-electron chi connectivity index (χ1n) is 5.86. The van der Waals surface area contributed by atoms with Crippen LogP contribution in [0.4, 0.5) is 5.82 Å². The number of nitrogens with two attached hydrogens (primary N) is 1. The fourth-order valence-corrected chi connectivity index (χ4v) is 2.33. The smallest absolute Gasteiger partial charge is 0.172 e. The number of nitrogens with zero attached hydrogens (tertiary/aromatic N) is 3. The number of thiocarbonyl (C=S) groups is 1. The van der Waals surface area contributed by atoms with Gasteiger partial charge in [0.05, 0.1) is 15.7 Å². The maximum absolute atomic E-state index is 6.12. The highest BCUT2D eigenvalue weighted by Crippen LogP contribution is 2.23. The molecule has 0 aliphatic heterocycles. The Morgan fingerprint density at radius 2 is 1.80 bits per heavy atom. The Morgan fingerprint density at radius 1 is 1.15 bits per heavy atom. The summed E-state index contributed by atoms with van der Waals surface area (Å²) in [5.41, 5.74) is 6.53. The zero-order valence-electron chi connectivity index (χ0n) is 10.5. The van der Waals surface area contributed by atoms with Crippen molar-refractivity contribution < 1.29 is 0 Å². The molecule has 0 atom stereocenters. The summed E-state index contributed by atoms with van der Waals surface area (Å²) in [6.07, 6.45) is 3.92. The zero-order valence-corrected chi connectivity index (χ0v) is 12.8. The van der Waals surface area contributed by atoms with Crippen molar-refractivity contribution in [1.29, 1.82) is 0 Å². The van der Waals surface area contributed by atoms with Crippen LogP contribution in [0, 0.1) is 0 Å². The summed E-state index contributed by atoms with van der Waals surface area (Å²) in [5, 5.41) is 1.31. The third kappa shape index (κ3) is 3.56. The third-order valence-corrected chi connectivity index (χ3v) is 3.53. The summed E-state index contributed by atoms with van der Waals surface area (Å²) in [7, 11) is 0. The van der Waals surface area contributed by atoms with Crippen LogP contribution >= 0.6 is 35.4 Å². The van der Waals surface area contributed by atoms with Crippen LogP contribution in [0.15, 0.2) is 36.7 Å². The first-order valence-corrected chi connectivity index (χ1v) is 7.03. The Morgan fingerprint density at radius 3 is 2.40 bits per heavy atom. The normalized spacial score (nSPS) is 10.3. The van der Waals surface area contributed by atoms with E-state index in [9.17, 15) is 0 Å². The molecule has 0 saturated heterocycles. The molecular formula is C13H12Cl2N4S. The molecule has 0 unspecified atom stereocenters. The fourth-order valence-electron chi connectivity index (χ4n) is 1.72. The van der Waals surface area contributed by atoms with Gasteiger partial charge in [-0.05, 0) is 36.5 Å². The van der Waals surface area contributed by atoms with E-state index in [1.807, 2.05) is 0 Å². The molecule has 0 aromatic carbocycles. The van der Waals surface area contributed by atoms with Gasteiger partial charge in [-0.1, -0.05) is 23.2 Å². The quantitative estimate of drug-likeness (QED) is 0.875. The topological polar surface area (TPSA) is 55.0 Å². The molecular weight excluding hydrogens is 315 g/mol. The minimum Gasteiger partial charge on any atom is -0.376 e. The summed E-state index contributed by atoms with van der Waals surface area (Å²) in [5.74, 6) is 0.536. The average molecular weight is 327 g/mol. The summed E-state index contributed by atoms with van der Waals surface area (Å²) < 4.78 is 0. The minimum absolute atomic E-state index is 0.206. The highest BCUT2D eigenvalue weighted by molar-refractivity contribution is 7.80. The van der Waals surface area contributed by atoms with E-state index in [4.69, 9.17) is 41.2 Å². The third-order valence-electron chi connectivity index (χ3n) is 2.67. The Balaban J connectivity index is 2.18. The molecule has 0 aliphatic rings. The molecule has 104 valence electrons. The molecule has 0 fully saturated rings. The molecule has 0 aliphatic carbocycles. The first kappa shape index (κ1) is 15.0. The van der Waals surface area contributed by atoms with Crippen LogP contribution in [0.25, 0.3) is 0 Å². The number of aromatic nitrogens is 2. The molecule has 2 heterocycles. The Kier molecular flexibility index (Phi) is 5.11. The molecule has 0 spiro atoms. The molecule has 2 aromatic rings. The Bertz CT molecular complexity index is 621. The van der Waals surface area contributed by atoms with Crippen molar-refractivity contribution in [2.45, 2.75) is 6.42 Å². The van der Waals surface area contributed by atoms with Crippen LogP contribution in [-0.2, 0) is 6.42 Å². The lowest BCUT2D eigenvalue weighted by atomic mass is 10.2. The van der Waals surface area contributed by atoms with Crippen LogP contribution < -0.4 is 10.6 Å². The van der Waals surface area contributed by atoms with Gasteiger partial charge in [0.15, 0.2) is 10.9 Å². The number of pyridine rings is 2. The molecule has 7 heteroatoms. The van der Waals surface area contributed by atoms with Crippen LogP contribution in [0.1, 0.15) is 5.69 Å². The second-order valence-corrected chi connectivity index (χ2v) is 5.21.